The van der Waals surface area contributed by atoms with Crippen LogP contribution in [0.3, 0.4) is 0 Å². The molecule has 0 aliphatic carbocycles. The molecule has 2 saturated heterocycles. The van der Waals surface area contributed by atoms with E-state index in [9.17, 15) is 4.79 Å². The molecule has 2 aliphatic heterocycles. The molecule has 2 heterocycles. The van der Waals surface area contributed by atoms with Gasteiger partial charge in [-0.15, -0.1) is 0 Å². The molecule has 18 heavy (non-hydrogen) atoms. The number of rotatable bonds is 2. The van der Waals surface area contributed by atoms with Gasteiger partial charge in [-0.1, -0.05) is 36.8 Å². The van der Waals surface area contributed by atoms with E-state index in [1.165, 1.54) is 24.8 Å². The Bertz CT molecular complexity index is 418. The van der Waals surface area contributed by atoms with Crippen LogP contribution in [0.2, 0.25) is 0 Å². The number of fused-ring (bicyclic) bond motifs is 1. The maximum atomic E-state index is 12.1. The lowest BCUT2D eigenvalue weighted by atomic mass is 9.99. The van der Waals surface area contributed by atoms with Crippen molar-refractivity contribution in [3.8, 4) is 0 Å². The van der Waals surface area contributed by atoms with E-state index >= 15 is 0 Å². The Morgan fingerprint density at radius 1 is 1.17 bits per heavy atom. The summed E-state index contributed by atoms with van der Waals surface area (Å²) >= 11 is 0. The van der Waals surface area contributed by atoms with Crippen LogP contribution in [0.5, 0.6) is 0 Å². The van der Waals surface area contributed by atoms with Crippen molar-refractivity contribution in [1.82, 2.24) is 9.80 Å². The molecule has 1 aromatic rings. The number of carbonyl (C=O) groups excluding carboxylic acids is 1. The van der Waals surface area contributed by atoms with Gasteiger partial charge in [-0.3, -0.25) is 9.69 Å². The van der Waals surface area contributed by atoms with Gasteiger partial charge < -0.3 is 4.90 Å². The highest BCUT2D eigenvalue weighted by Gasteiger charge is 2.33. The lowest BCUT2D eigenvalue weighted by Gasteiger charge is -2.43. The fraction of sp³-hybridized carbons (Fsp3) is 0.533. The van der Waals surface area contributed by atoms with E-state index in [2.05, 4.69) is 17.0 Å². The molecule has 0 aromatic heterocycles. The van der Waals surface area contributed by atoms with Gasteiger partial charge in [-0.05, 0) is 24.9 Å². The number of benzene rings is 1. The predicted octanol–water partition coefficient (Wildman–Crippen LogP) is 1.88. The van der Waals surface area contributed by atoms with Gasteiger partial charge in [0.25, 0.3) is 0 Å². The van der Waals surface area contributed by atoms with E-state index in [-0.39, 0.29) is 5.91 Å². The third kappa shape index (κ3) is 2.41. The van der Waals surface area contributed by atoms with Gasteiger partial charge in [-0.2, -0.15) is 0 Å². The minimum absolute atomic E-state index is 0.289. The number of hydrogen-bond donors (Lipinski definition) is 0. The molecule has 0 saturated carbocycles. The largest absolute Gasteiger partial charge is 0.336 e. The van der Waals surface area contributed by atoms with Crippen molar-refractivity contribution < 1.29 is 4.79 Å². The summed E-state index contributed by atoms with van der Waals surface area (Å²) in [6.45, 7) is 3.41. The molecular weight excluding hydrogens is 224 g/mol. The molecule has 96 valence electrons. The van der Waals surface area contributed by atoms with Crippen molar-refractivity contribution in [2.45, 2.75) is 31.8 Å². The number of nitrogens with zero attached hydrogens (tertiary/aromatic N) is 2. The van der Waals surface area contributed by atoms with Crippen LogP contribution >= 0.6 is 0 Å². The van der Waals surface area contributed by atoms with Crippen LogP contribution in [0.1, 0.15) is 24.8 Å². The quantitative estimate of drug-likeness (QED) is 0.793. The molecule has 0 bridgehead atoms. The molecule has 2 aliphatic rings. The fourth-order valence-corrected chi connectivity index (χ4v) is 3.06. The van der Waals surface area contributed by atoms with Gasteiger partial charge in [0, 0.05) is 19.1 Å². The highest BCUT2D eigenvalue weighted by Crippen LogP contribution is 2.22. The monoisotopic (exact) mass is 244 g/mol. The summed E-state index contributed by atoms with van der Waals surface area (Å²) in [5, 5.41) is 0. The fourth-order valence-electron chi connectivity index (χ4n) is 3.06. The minimum Gasteiger partial charge on any atom is -0.336 e. The summed E-state index contributed by atoms with van der Waals surface area (Å²) in [7, 11) is 0. The van der Waals surface area contributed by atoms with E-state index in [4.69, 9.17) is 0 Å². The molecular formula is C15H20N2O. The number of piperidine rings is 1. The lowest BCUT2D eigenvalue weighted by molar-refractivity contribution is -0.140. The van der Waals surface area contributed by atoms with Crippen LogP contribution in [0, 0.1) is 0 Å². The molecule has 1 amide bonds. The highest BCUT2D eigenvalue weighted by molar-refractivity contribution is 5.79. The second kappa shape index (κ2) is 5.11. The molecule has 0 radical (unpaired) electrons. The number of carbonyl (C=O) groups is 1. The Labute approximate surface area is 108 Å². The van der Waals surface area contributed by atoms with Gasteiger partial charge in [0.05, 0.1) is 6.54 Å². The van der Waals surface area contributed by atoms with E-state index in [1.807, 2.05) is 23.1 Å². The van der Waals surface area contributed by atoms with E-state index < -0.39 is 0 Å². The average Bonchev–Trinajstić information content (AvgIpc) is 2.41. The topological polar surface area (TPSA) is 23.6 Å². The third-order valence-electron chi connectivity index (χ3n) is 4.09. The summed E-state index contributed by atoms with van der Waals surface area (Å²) in [5.74, 6) is 0.289. The highest BCUT2D eigenvalue weighted by atomic mass is 16.2. The van der Waals surface area contributed by atoms with Gasteiger partial charge in [0.15, 0.2) is 0 Å². The predicted molar refractivity (Wildman–Crippen MR) is 71.1 cm³/mol. The number of hydrogen-bond acceptors (Lipinski definition) is 2. The van der Waals surface area contributed by atoms with E-state index in [0.717, 1.165) is 19.6 Å². The Hall–Kier alpha value is -1.35. The van der Waals surface area contributed by atoms with Crippen molar-refractivity contribution in [2.24, 2.45) is 0 Å². The lowest BCUT2D eigenvalue weighted by Crippen LogP contribution is -2.57. The van der Waals surface area contributed by atoms with Gasteiger partial charge >= 0.3 is 0 Å². The van der Waals surface area contributed by atoms with Crippen molar-refractivity contribution in [3.05, 3.63) is 35.9 Å². The van der Waals surface area contributed by atoms with E-state index in [0.29, 0.717) is 12.6 Å². The van der Waals surface area contributed by atoms with Crippen LogP contribution in [-0.2, 0) is 11.3 Å². The Balaban J connectivity index is 1.67. The molecule has 1 atom stereocenters. The van der Waals surface area contributed by atoms with Crippen LogP contribution in [0.4, 0.5) is 0 Å². The first-order valence-electron chi connectivity index (χ1n) is 6.89. The Morgan fingerprint density at radius 3 is 2.83 bits per heavy atom. The SMILES string of the molecule is O=C1CN2CCCCC2CN1Cc1ccccc1. The zero-order chi connectivity index (χ0) is 12.4. The molecule has 3 heteroatoms. The summed E-state index contributed by atoms with van der Waals surface area (Å²) in [5.41, 5.74) is 1.23. The maximum Gasteiger partial charge on any atom is 0.237 e. The first kappa shape index (κ1) is 11.7. The summed E-state index contributed by atoms with van der Waals surface area (Å²) in [6.07, 6.45) is 3.82. The second-order valence-corrected chi connectivity index (χ2v) is 5.38. The van der Waals surface area contributed by atoms with Gasteiger partial charge in [-0.25, -0.2) is 0 Å². The Morgan fingerprint density at radius 2 is 2.00 bits per heavy atom. The molecule has 2 fully saturated rings. The normalized spacial score (nSPS) is 25.0. The Kier molecular flexibility index (Phi) is 3.33. The van der Waals surface area contributed by atoms with Crippen molar-refractivity contribution in [1.29, 1.82) is 0 Å². The number of amides is 1. The minimum atomic E-state index is 0.289. The van der Waals surface area contributed by atoms with Crippen molar-refractivity contribution in [2.75, 3.05) is 19.6 Å². The first-order chi connectivity index (χ1) is 8.83. The molecule has 3 nitrogen and oxygen atoms in total. The maximum absolute atomic E-state index is 12.1. The van der Waals surface area contributed by atoms with Crippen LogP contribution in [0.25, 0.3) is 0 Å². The molecule has 3 rings (SSSR count). The van der Waals surface area contributed by atoms with Gasteiger partial charge in [0.2, 0.25) is 5.91 Å². The number of piperazine rings is 1. The summed E-state index contributed by atoms with van der Waals surface area (Å²) in [4.78, 5) is 16.5. The van der Waals surface area contributed by atoms with Crippen molar-refractivity contribution in [3.63, 3.8) is 0 Å². The van der Waals surface area contributed by atoms with Crippen LogP contribution in [-0.4, -0.2) is 41.4 Å². The first-order valence-corrected chi connectivity index (χ1v) is 6.89. The zero-order valence-corrected chi connectivity index (χ0v) is 10.7. The third-order valence-corrected chi connectivity index (χ3v) is 4.09. The van der Waals surface area contributed by atoms with Crippen molar-refractivity contribution >= 4 is 5.91 Å². The molecule has 0 N–H and O–H groups in total. The van der Waals surface area contributed by atoms with Crippen LogP contribution in [0.15, 0.2) is 30.3 Å². The molecule has 1 aromatic carbocycles. The average molecular weight is 244 g/mol. The molecule has 1 unspecified atom stereocenters. The molecule has 0 spiro atoms. The summed E-state index contributed by atoms with van der Waals surface area (Å²) < 4.78 is 0. The zero-order valence-electron chi connectivity index (χ0n) is 10.7. The summed E-state index contributed by atoms with van der Waals surface area (Å²) in [6, 6.07) is 10.9. The second-order valence-electron chi connectivity index (χ2n) is 5.38. The smallest absolute Gasteiger partial charge is 0.237 e. The van der Waals surface area contributed by atoms with E-state index in [1.54, 1.807) is 0 Å². The standard InChI is InChI=1S/C15H20N2O/c18-15-12-16-9-5-4-8-14(16)11-17(15)10-13-6-2-1-3-7-13/h1-3,6-7,14H,4-5,8-12H2. The van der Waals surface area contributed by atoms with Gasteiger partial charge in [0.1, 0.15) is 0 Å². The van der Waals surface area contributed by atoms with Crippen LogP contribution < -0.4 is 0 Å².